The third-order valence-corrected chi connectivity index (χ3v) is 6.90. The SMILES string of the molecule is Cc1ccccc1C(=O)Nc1ccc(N2CCc3ccccc3C2)c(C(=O)NCCc2ccccc2)c1. The predicted octanol–water partition coefficient (Wildman–Crippen LogP) is 5.78. The average Bonchev–Trinajstić information content (AvgIpc) is 2.93. The number of benzene rings is 4. The maximum atomic E-state index is 13.5. The van der Waals surface area contributed by atoms with Gasteiger partial charge in [0.05, 0.1) is 5.56 Å². The van der Waals surface area contributed by atoms with Crippen LogP contribution in [-0.4, -0.2) is 24.9 Å². The summed E-state index contributed by atoms with van der Waals surface area (Å²) in [7, 11) is 0. The highest BCUT2D eigenvalue weighted by Crippen LogP contribution is 2.30. The normalized spacial score (nSPS) is 12.5. The molecule has 5 rings (SSSR count). The second-order valence-electron chi connectivity index (χ2n) is 9.43. The highest BCUT2D eigenvalue weighted by atomic mass is 16.2. The van der Waals surface area contributed by atoms with Crippen molar-refractivity contribution in [3.63, 3.8) is 0 Å². The second kappa shape index (κ2) is 11.1. The van der Waals surface area contributed by atoms with E-state index in [4.69, 9.17) is 0 Å². The minimum atomic E-state index is -0.187. The van der Waals surface area contributed by atoms with Crippen LogP contribution >= 0.6 is 0 Å². The summed E-state index contributed by atoms with van der Waals surface area (Å²) in [6.07, 6.45) is 1.68. The molecule has 0 radical (unpaired) electrons. The largest absolute Gasteiger partial charge is 0.366 e. The molecule has 0 aromatic heterocycles. The molecule has 1 aliphatic rings. The molecule has 2 N–H and O–H groups in total. The first kappa shape index (κ1) is 24.3. The molecule has 0 atom stereocenters. The van der Waals surface area contributed by atoms with Crippen LogP contribution < -0.4 is 15.5 Å². The van der Waals surface area contributed by atoms with E-state index < -0.39 is 0 Å². The van der Waals surface area contributed by atoms with Crippen LogP contribution in [0.15, 0.2) is 97.1 Å². The Balaban J connectivity index is 1.39. The number of nitrogens with zero attached hydrogens (tertiary/aromatic N) is 1. The molecule has 1 aliphatic heterocycles. The topological polar surface area (TPSA) is 61.4 Å². The van der Waals surface area contributed by atoms with Crippen LogP contribution in [0.2, 0.25) is 0 Å². The van der Waals surface area contributed by atoms with Crippen LogP contribution in [0.3, 0.4) is 0 Å². The van der Waals surface area contributed by atoms with E-state index in [0.717, 1.165) is 37.2 Å². The number of hydrogen-bond donors (Lipinski definition) is 2. The maximum absolute atomic E-state index is 13.5. The molecule has 2 amide bonds. The lowest BCUT2D eigenvalue weighted by atomic mass is 9.98. The second-order valence-corrected chi connectivity index (χ2v) is 9.43. The zero-order valence-corrected chi connectivity index (χ0v) is 21.0. The van der Waals surface area contributed by atoms with Gasteiger partial charge >= 0.3 is 0 Å². The minimum absolute atomic E-state index is 0.142. The first-order chi connectivity index (χ1) is 18.1. The van der Waals surface area contributed by atoms with Gasteiger partial charge in [-0.25, -0.2) is 0 Å². The van der Waals surface area contributed by atoms with Crippen LogP contribution in [0, 0.1) is 6.92 Å². The standard InChI is InChI=1S/C32H31N3O2/c1-23-9-5-8-14-28(23)32(37)34-27-15-16-30(35-20-18-25-12-6-7-13-26(25)22-35)29(21-27)31(36)33-19-17-24-10-3-2-4-11-24/h2-16,21H,17-20,22H2,1H3,(H,33,36)(H,34,37). The first-order valence-corrected chi connectivity index (χ1v) is 12.7. The van der Waals surface area contributed by atoms with Gasteiger partial charge in [0.15, 0.2) is 0 Å². The Morgan fingerprint density at radius 3 is 2.32 bits per heavy atom. The fourth-order valence-corrected chi connectivity index (χ4v) is 4.86. The fourth-order valence-electron chi connectivity index (χ4n) is 4.86. The van der Waals surface area contributed by atoms with Crippen molar-refractivity contribution < 1.29 is 9.59 Å². The van der Waals surface area contributed by atoms with E-state index in [-0.39, 0.29) is 11.8 Å². The van der Waals surface area contributed by atoms with Crippen LogP contribution in [0.4, 0.5) is 11.4 Å². The van der Waals surface area contributed by atoms with Crippen LogP contribution in [0.5, 0.6) is 0 Å². The molecule has 0 saturated carbocycles. The molecule has 0 fully saturated rings. The Kier molecular flexibility index (Phi) is 7.31. The van der Waals surface area contributed by atoms with Gasteiger partial charge in [-0.1, -0.05) is 72.8 Å². The highest BCUT2D eigenvalue weighted by Gasteiger charge is 2.22. The van der Waals surface area contributed by atoms with Crippen LogP contribution in [0.1, 0.15) is 43.0 Å². The number of carbonyl (C=O) groups is 2. The van der Waals surface area contributed by atoms with E-state index in [2.05, 4.69) is 51.9 Å². The number of anilines is 2. The molecule has 0 spiro atoms. The fraction of sp³-hybridized carbons (Fsp3) is 0.188. The highest BCUT2D eigenvalue weighted by molar-refractivity contribution is 6.07. The van der Waals surface area contributed by atoms with E-state index in [1.54, 1.807) is 12.1 Å². The first-order valence-electron chi connectivity index (χ1n) is 12.7. The van der Waals surface area contributed by atoms with Gasteiger partial charge in [-0.3, -0.25) is 9.59 Å². The summed E-state index contributed by atoms with van der Waals surface area (Å²) in [6.45, 7) is 4.02. The molecule has 1 heterocycles. The molecule has 0 saturated heterocycles. The molecule has 5 heteroatoms. The predicted molar refractivity (Wildman–Crippen MR) is 149 cm³/mol. The summed E-state index contributed by atoms with van der Waals surface area (Å²) >= 11 is 0. The molecule has 5 nitrogen and oxygen atoms in total. The molecule has 0 aliphatic carbocycles. The number of hydrogen-bond acceptors (Lipinski definition) is 3. The molecule has 0 unspecified atom stereocenters. The Labute approximate surface area is 218 Å². The van der Waals surface area contributed by atoms with Crippen molar-refractivity contribution in [2.45, 2.75) is 26.3 Å². The summed E-state index contributed by atoms with van der Waals surface area (Å²) < 4.78 is 0. The van der Waals surface area contributed by atoms with E-state index >= 15 is 0 Å². The lowest BCUT2D eigenvalue weighted by Gasteiger charge is -2.32. The van der Waals surface area contributed by atoms with E-state index in [1.807, 2.05) is 55.5 Å². The van der Waals surface area contributed by atoms with Crippen molar-refractivity contribution in [1.82, 2.24) is 5.32 Å². The van der Waals surface area contributed by atoms with Gasteiger partial charge in [0.2, 0.25) is 0 Å². The molecular formula is C32H31N3O2. The number of nitrogens with one attached hydrogen (secondary N) is 2. The lowest BCUT2D eigenvalue weighted by molar-refractivity contribution is 0.0953. The average molecular weight is 490 g/mol. The number of aryl methyl sites for hydroxylation is 1. The monoisotopic (exact) mass is 489 g/mol. The zero-order chi connectivity index (χ0) is 25.6. The minimum Gasteiger partial charge on any atom is -0.366 e. The summed E-state index contributed by atoms with van der Waals surface area (Å²) in [6, 6.07) is 31.7. The smallest absolute Gasteiger partial charge is 0.255 e. The Morgan fingerprint density at radius 1 is 0.784 bits per heavy atom. The van der Waals surface area contributed by atoms with Crippen molar-refractivity contribution >= 4 is 23.2 Å². The van der Waals surface area contributed by atoms with Crippen molar-refractivity contribution in [2.75, 3.05) is 23.3 Å². The summed E-state index contributed by atoms with van der Waals surface area (Å²) in [5, 5.41) is 6.07. The Morgan fingerprint density at radius 2 is 1.51 bits per heavy atom. The quantitative estimate of drug-likeness (QED) is 0.346. The van der Waals surface area contributed by atoms with E-state index in [9.17, 15) is 9.59 Å². The van der Waals surface area contributed by atoms with Gasteiger partial charge in [0.25, 0.3) is 11.8 Å². The van der Waals surface area contributed by atoms with Crippen molar-refractivity contribution in [1.29, 1.82) is 0 Å². The molecular weight excluding hydrogens is 458 g/mol. The van der Waals surface area contributed by atoms with Crippen LogP contribution in [0.25, 0.3) is 0 Å². The third-order valence-electron chi connectivity index (χ3n) is 6.90. The van der Waals surface area contributed by atoms with Gasteiger partial charge in [-0.2, -0.15) is 0 Å². The Hall–Kier alpha value is -4.38. The third kappa shape index (κ3) is 5.72. The van der Waals surface area contributed by atoms with Gasteiger partial charge in [-0.05, 0) is 66.3 Å². The maximum Gasteiger partial charge on any atom is 0.255 e. The number of amides is 2. The van der Waals surface area contributed by atoms with Crippen molar-refractivity contribution in [3.05, 3.63) is 130 Å². The van der Waals surface area contributed by atoms with Gasteiger partial charge in [0.1, 0.15) is 0 Å². The molecule has 0 bridgehead atoms. The Bertz CT molecular complexity index is 1410. The van der Waals surface area contributed by atoms with Gasteiger partial charge < -0.3 is 15.5 Å². The number of fused-ring (bicyclic) bond motifs is 1. The van der Waals surface area contributed by atoms with Gasteiger partial charge in [-0.15, -0.1) is 0 Å². The number of rotatable bonds is 7. The van der Waals surface area contributed by atoms with E-state index in [1.165, 1.54) is 16.7 Å². The molecule has 186 valence electrons. The van der Waals surface area contributed by atoms with E-state index in [0.29, 0.717) is 23.4 Å². The van der Waals surface area contributed by atoms with Crippen molar-refractivity contribution in [2.24, 2.45) is 0 Å². The molecule has 4 aromatic rings. The molecule has 4 aromatic carbocycles. The van der Waals surface area contributed by atoms with Gasteiger partial charge in [0, 0.05) is 36.6 Å². The summed E-state index contributed by atoms with van der Waals surface area (Å²) in [5.41, 5.74) is 7.37. The summed E-state index contributed by atoms with van der Waals surface area (Å²) in [5.74, 6) is -0.329. The van der Waals surface area contributed by atoms with Crippen molar-refractivity contribution in [3.8, 4) is 0 Å². The summed E-state index contributed by atoms with van der Waals surface area (Å²) in [4.78, 5) is 28.7. The lowest BCUT2D eigenvalue weighted by Crippen LogP contribution is -2.33. The zero-order valence-electron chi connectivity index (χ0n) is 21.0. The van der Waals surface area contributed by atoms with Crippen LogP contribution in [-0.2, 0) is 19.4 Å². The number of carbonyl (C=O) groups excluding carboxylic acids is 2. The molecule has 37 heavy (non-hydrogen) atoms.